The summed E-state index contributed by atoms with van der Waals surface area (Å²) in [7, 11) is -3.07. The number of amides is 1. The summed E-state index contributed by atoms with van der Waals surface area (Å²) in [5.74, 6) is 0.489. The maximum absolute atomic E-state index is 13.7. The minimum atomic E-state index is -3.07. The lowest BCUT2D eigenvalue weighted by atomic mass is 10.1. The Morgan fingerprint density at radius 2 is 1.74 bits per heavy atom. The SMILES string of the molecule is CCN(CC)c1ccc(CN(C(=O)[C@@H]2[C@H](C=C(C)C)C2(C)C)[C@H]2CCS(=O)(=O)C2)cc1. The molecule has 2 aliphatic rings. The van der Waals surface area contributed by atoms with Gasteiger partial charge in [0.05, 0.1) is 17.4 Å². The highest BCUT2D eigenvalue weighted by molar-refractivity contribution is 7.91. The van der Waals surface area contributed by atoms with E-state index >= 15 is 0 Å². The van der Waals surface area contributed by atoms with Crippen molar-refractivity contribution in [3.63, 3.8) is 0 Å². The van der Waals surface area contributed by atoms with Gasteiger partial charge in [0.2, 0.25) is 5.91 Å². The van der Waals surface area contributed by atoms with Gasteiger partial charge in [-0.05, 0) is 63.1 Å². The molecule has 0 bridgehead atoms. The fourth-order valence-electron chi connectivity index (χ4n) is 5.00. The largest absolute Gasteiger partial charge is 0.372 e. The number of allylic oxidation sites excluding steroid dienone is 2. The van der Waals surface area contributed by atoms with Crippen LogP contribution in [0.1, 0.15) is 53.5 Å². The third kappa shape index (κ3) is 5.16. The first kappa shape index (κ1) is 23.8. The van der Waals surface area contributed by atoms with E-state index in [1.54, 1.807) is 0 Å². The molecule has 6 heteroatoms. The van der Waals surface area contributed by atoms with Gasteiger partial charge in [-0.1, -0.05) is 37.6 Å². The highest BCUT2D eigenvalue weighted by atomic mass is 32.2. The van der Waals surface area contributed by atoms with Crippen LogP contribution in [0.5, 0.6) is 0 Å². The Kier molecular flexibility index (Phi) is 6.90. The lowest BCUT2D eigenvalue weighted by Crippen LogP contribution is -2.42. The first-order valence-corrected chi connectivity index (χ1v) is 13.3. The molecule has 1 saturated heterocycles. The fraction of sp³-hybridized carbons (Fsp3) is 0.640. The second-order valence-corrected chi connectivity index (χ2v) is 12.2. The molecule has 1 aliphatic heterocycles. The van der Waals surface area contributed by atoms with Crippen LogP contribution in [-0.4, -0.2) is 49.9 Å². The van der Waals surface area contributed by atoms with E-state index in [0.29, 0.717) is 13.0 Å². The third-order valence-corrected chi connectivity index (χ3v) is 8.79. The van der Waals surface area contributed by atoms with Crippen molar-refractivity contribution in [3.05, 3.63) is 41.5 Å². The molecule has 1 amide bonds. The number of sulfone groups is 1. The van der Waals surface area contributed by atoms with Crippen molar-refractivity contribution in [2.45, 2.75) is 60.5 Å². The van der Waals surface area contributed by atoms with Crippen LogP contribution < -0.4 is 4.90 Å². The summed E-state index contributed by atoms with van der Waals surface area (Å²) in [5.41, 5.74) is 3.35. The molecular formula is C25H38N2O3S. The van der Waals surface area contributed by atoms with Crippen LogP contribution in [0.4, 0.5) is 5.69 Å². The molecule has 2 fully saturated rings. The van der Waals surface area contributed by atoms with Gasteiger partial charge in [0.1, 0.15) is 0 Å². The Morgan fingerprint density at radius 3 is 2.23 bits per heavy atom. The summed E-state index contributed by atoms with van der Waals surface area (Å²) in [6.45, 7) is 15.0. The summed E-state index contributed by atoms with van der Waals surface area (Å²) in [5, 5.41) is 0. The van der Waals surface area contributed by atoms with Crippen molar-refractivity contribution in [3.8, 4) is 0 Å². The molecule has 1 aromatic rings. The highest BCUT2D eigenvalue weighted by Crippen LogP contribution is 2.60. The summed E-state index contributed by atoms with van der Waals surface area (Å²) in [4.78, 5) is 17.8. The molecule has 0 N–H and O–H groups in total. The number of carbonyl (C=O) groups is 1. The smallest absolute Gasteiger partial charge is 0.227 e. The molecule has 0 spiro atoms. The number of carbonyl (C=O) groups excluding carboxylic acids is 1. The maximum atomic E-state index is 13.7. The maximum Gasteiger partial charge on any atom is 0.227 e. The van der Waals surface area contributed by atoms with Crippen LogP contribution >= 0.6 is 0 Å². The van der Waals surface area contributed by atoms with Gasteiger partial charge in [-0.15, -0.1) is 0 Å². The molecular weight excluding hydrogens is 408 g/mol. The van der Waals surface area contributed by atoms with Crippen molar-refractivity contribution in [2.24, 2.45) is 17.3 Å². The summed E-state index contributed by atoms with van der Waals surface area (Å²) >= 11 is 0. The topological polar surface area (TPSA) is 57.7 Å². The molecule has 1 aromatic carbocycles. The lowest BCUT2D eigenvalue weighted by Gasteiger charge is -2.29. The quantitative estimate of drug-likeness (QED) is 0.559. The normalized spacial score (nSPS) is 25.7. The zero-order chi connectivity index (χ0) is 23.0. The summed E-state index contributed by atoms with van der Waals surface area (Å²) in [6.07, 6.45) is 2.73. The van der Waals surface area contributed by atoms with Crippen LogP contribution in [0.25, 0.3) is 0 Å². The van der Waals surface area contributed by atoms with Gasteiger partial charge in [0, 0.05) is 31.4 Å². The Bertz CT molecular complexity index is 926. The molecule has 3 atom stereocenters. The average molecular weight is 447 g/mol. The van der Waals surface area contributed by atoms with E-state index in [9.17, 15) is 13.2 Å². The Hall–Kier alpha value is -1.82. The van der Waals surface area contributed by atoms with Gasteiger partial charge in [-0.3, -0.25) is 4.79 Å². The predicted octanol–water partition coefficient (Wildman–Crippen LogP) is 4.29. The number of hydrogen-bond donors (Lipinski definition) is 0. The van der Waals surface area contributed by atoms with Gasteiger partial charge in [-0.25, -0.2) is 8.42 Å². The molecule has 0 radical (unpaired) electrons. The molecule has 5 nitrogen and oxygen atoms in total. The minimum Gasteiger partial charge on any atom is -0.372 e. The lowest BCUT2D eigenvalue weighted by molar-refractivity contribution is -0.136. The summed E-state index contributed by atoms with van der Waals surface area (Å²) < 4.78 is 24.4. The number of nitrogens with zero attached hydrogens (tertiary/aromatic N) is 2. The monoisotopic (exact) mass is 446 g/mol. The zero-order valence-corrected chi connectivity index (χ0v) is 20.7. The molecule has 3 rings (SSSR count). The number of hydrogen-bond acceptors (Lipinski definition) is 4. The van der Waals surface area contributed by atoms with E-state index in [4.69, 9.17) is 0 Å². The van der Waals surface area contributed by atoms with E-state index in [-0.39, 0.29) is 40.7 Å². The van der Waals surface area contributed by atoms with Crippen LogP contribution in [0, 0.1) is 17.3 Å². The minimum absolute atomic E-state index is 0.0801. The van der Waals surface area contributed by atoms with E-state index in [2.05, 4.69) is 76.8 Å². The number of anilines is 1. The Balaban J connectivity index is 1.84. The van der Waals surface area contributed by atoms with E-state index in [1.807, 2.05) is 4.90 Å². The Labute approximate surface area is 188 Å². The van der Waals surface area contributed by atoms with Crippen LogP contribution in [0.2, 0.25) is 0 Å². The van der Waals surface area contributed by atoms with Crippen molar-refractivity contribution in [1.82, 2.24) is 4.90 Å². The van der Waals surface area contributed by atoms with Gasteiger partial charge in [0.25, 0.3) is 0 Å². The standard InChI is InChI=1S/C25H38N2O3S/c1-7-26(8-2)20-11-9-19(10-12-20)16-27(21-13-14-31(29,30)17-21)24(28)23-22(15-18(3)4)25(23,5)6/h9-12,15,21-23H,7-8,13-14,16-17H2,1-6H3/t21-,22-,23-/m0/s1. The molecule has 0 unspecified atom stereocenters. The van der Waals surface area contributed by atoms with Crippen molar-refractivity contribution in [1.29, 1.82) is 0 Å². The molecule has 172 valence electrons. The van der Waals surface area contributed by atoms with Crippen LogP contribution in [0.3, 0.4) is 0 Å². The molecule has 0 aromatic heterocycles. The predicted molar refractivity (Wildman–Crippen MR) is 128 cm³/mol. The Morgan fingerprint density at radius 1 is 1.13 bits per heavy atom. The van der Waals surface area contributed by atoms with Crippen molar-refractivity contribution >= 4 is 21.4 Å². The first-order valence-electron chi connectivity index (χ1n) is 11.5. The van der Waals surface area contributed by atoms with Gasteiger partial charge < -0.3 is 9.80 Å². The van der Waals surface area contributed by atoms with E-state index in [1.165, 1.54) is 11.3 Å². The number of benzene rings is 1. The van der Waals surface area contributed by atoms with Gasteiger partial charge in [0.15, 0.2) is 9.84 Å². The highest BCUT2D eigenvalue weighted by Gasteiger charge is 2.61. The second kappa shape index (κ2) is 8.97. The third-order valence-electron chi connectivity index (χ3n) is 7.04. The number of rotatable bonds is 8. The zero-order valence-electron chi connectivity index (χ0n) is 19.9. The van der Waals surface area contributed by atoms with Gasteiger partial charge >= 0.3 is 0 Å². The van der Waals surface area contributed by atoms with E-state index < -0.39 is 9.84 Å². The first-order chi connectivity index (χ1) is 14.5. The average Bonchev–Trinajstić information content (AvgIpc) is 3.02. The van der Waals surface area contributed by atoms with Gasteiger partial charge in [-0.2, -0.15) is 0 Å². The molecule has 1 saturated carbocycles. The van der Waals surface area contributed by atoms with Crippen molar-refractivity contribution < 1.29 is 13.2 Å². The molecule has 1 aliphatic carbocycles. The van der Waals surface area contributed by atoms with E-state index in [0.717, 1.165) is 18.7 Å². The van der Waals surface area contributed by atoms with Crippen LogP contribution in [-0.2, 0) is 21.2 Å². The van der Waals surface area contributed by atoms with Crippen LogP contribution in [0.15, 0.2) is 35.9 Å². The second-order valence-electron chi connectivity index (χ2n) is 9.93. The summed E-state index contributed by atoms with van der Waals surface area (Å²) in [6, 6.07) is 8.11. The fourth-order valence-corrected chi connectivity index (χ4v) is 6.73. The van der Waals surface area contributed by atoms with Crippen molar-refractivity contribution in [2.75, 3.05) is 29.5 Å². The molecule has 1 heterocycles. The molecule has 31 heavy (non-hydrogen) atoms.